The summed E-state index contributed by atoms with van der Waals surface area (Å²) in [4.78, 5) is 11.9. The Morgan fingerprint density at radius 1 is 1.05 bits per heavy atom. The third-order valence-electron chi connectivity index (χ3n) is 3.04. The molecule has 0 saturated heterocycles. The number of nitrogens with one attached hydrogen (secondary N) is 1. The van der Waals surface area contributed by atoms with E-state index < -0.39 is 6.04 Å². The summed E-state index contributed by atoms with van der Waals surface area (Å²) in [5.41, 5.74) is 7.84. The number of rotatable bonds is 5. The molecule has 0 aliphatic rings. The zero-order valence-corrected chi connectivity index (χ0v) is 11.1. The molecule has 2 rings (SSSR count). The lowest BCUT2D eigenvalue weighted by atomic mass is 10.1. The van der Waals surface area contributed by atoms with Crippen LogP contribution >= 0.6 is 0 Å². The molecule has 0 radical (unpaired) electrons. The van der Waals surface area contributed by atoms with Crippen LogP contribution in [-0.2, 0) is 17.8 Å². The number of aromatic hydroxyl groups is 1. The quantitative estimate of drug-likeness (QED) is 0.772. The Labute approximate surface area is 118 Å². The van der Waals surface area contributed by atoms with Gasteiger partial charge in [-0.25, -0.2) is 0 Å². The van der Waals surface area contributed by atoms with Gasteiger partial charge in [-0.3, -0.25) is 4.79 Å². The number of amides is 1. The number of carbonyl (C=O) groups is 1. The van der Waals surface area contributed by atoms with Gasteiger partial charge in [0.25, 0.3) is 0 Å². The minimum atomic E-state index is -0.594. The first kappa shape index (κ1) is 14.1. The molecule has 20 heavy (non-hydrogen) atoms. The van der Waals surface area contributed by atoms with Gasteiger partial charge >= 0.3 is 0 Å². The van der Waals surface area contributed by atoms with Gasteiger partial charge in [-0.2, -0.15) is 0 Å². The Kier molecular flexibility index (Phi) is 4.74. The van der Waals surface area contributed by atoms with E-state index in [1.807, 2.05) is 30.3 Å². The summed E-state index contributed by atoms with van der Waals surface area (Å²) in [7, 11) is 0. The smallest absolute Gasteiger partial charge is 0.237 e. The molecule has 0 saturated carbocycles. The third kappa shape index (κ3) is 4.10. The van der Waals surface area contributed by atoms with Gasteiger partial charge in [0.1, 0.15) is 5.75 Å². The van der Waals surface area contributed by atoms with E-state index in [1.54, 1.807) is 24.3 Å². The molecule has 2 aromatic carbocycles. The summed E-state index contributed by atoms with van der Waals surface area (Å²) in [5, 5.41) is 12.0. The fraction of sp³-hybridized carbons (Fsp3) is 0.188. The van der Waals surface area contributed by atoms with Crippen molar-refractivity contribution < 1.29 is 9.90 Å². The van der Waals surface area contributed by atoms with Crippen molar-refractivity contribution >= 4 is 5.91 Å². The highest BCUT2D eigenvalue weighted by Crippen LogP contribution is 2.10. The van der Waals surface area contributed by atoms with E-state index in [4.69, 9.17) is 5.73 Å². The second kappa shape index (κ2) is 6.73. The highest BCUT2D eigenvalue weighted by Gasteiger charge is 2.13. The molecule has 0 aliphatic heterocycles. The van der Waals surface area contributed by atoms with Gasteiger partial charge in [0.15, 0.2) is 0 Å². The van der Waals surface area contributed by atoms with E-state index in [9.17, 15) is 9.90 Å². The Balaban J connectivity index is 1.84. The molecule has 0 heterocycles. The molecule has 2 aromatic rings. The minimum Gasteiger partial charge on any atom is -0.508 e. The predicted molar refractivity (Wildman–Crippen MR) is 78.1 cm³/mol. The highest BCUT2D eigenvalue weighted by molar-refractivity contribution is 5.81. The fourth-order valence-corrected chi connectivity index (χ4v) is 1.89. The lowest BCUT2D eigenvalue weighted by Gasteiger charge is -2.12. The zero-order valence-electron chi connectivity index (χ0n) is 11.1. The van der Waals surface area contributed by atoms with Crippen LogP contribution in [-0.4, -0.2) is 17.1 Å². The second-order valence-electron chi connectivity index (χ2n) is 4.68. The van der Waals surface area contributed by atoms with Crippen LogP contribution in [0.5, 0.6) is 5.75 Å². The van der Waals surface area contributed by atoms with E-state index in [-0.39, 0.29) is 11.7 Å². The van der Waals surface area contributed by atoms with Gasteiger partial charge in [0.2, 0.25) is 5.91 Å². The van der Waals surface area contributed by atoms with Crippen LogP contribution in [0.4, 0.5) is 0 Å². The summed E-state index contributed by atoms with van der Waals surface area (Å²) in [5.74, 6) is 0.0257. The Morgan fingerprint density at radius 2 is 1.70 bits per heavy atom. The van der Waals surface area contributed by atoms with Crippen LogP contribution in [0.3, 0.4) is 0 Å². The number of hydrogen-bond donors (Lipinski definition) is 3. The molecule has 0 bridgehead atoms. The van der Waals surface area contributed by atoms with Crippen LogP contribution in [0.2, 0.25) is 0 Å². The van der Waals surface area contributed by atoms with E-state index in [0.717, 1.165) is 11.1 Å². The predicted octanol–water partition coefficient (Wildman–Crippen LogP) is 1.58. The van der Waals surface area contributed by atoms with Crippen molar-refractivity contribution in [1.29, 1.82) is 0 Å². The Bertz CT molecular complexity index is 552. The molecule has 104 valence electrons. The van der Waals surface area contributed by atoms with Crippen molar-refractivity contribution in [2.45, 2.75) is 19.0 Å². The molecular formula is C16H18N2O2. The van der Waals surface area contributed by atoms with Gasteiger partial charge in [0.05, 0.1) is 6.04 Å². The first-order valence-corrected chi connectivity index (χ1v) is 6.50. The van der Waals surface area contributed by atoms with Crippen molar-refractivity contribution in [3.8, 4) is 5.75 Å². The summed E-state index contributed by atoms with van der Waals surface area (Å²) < 4.78 is 0. The van der Waals surface area contributed by atoms with E-state index in [2.05, 4.69) is 5.32 Å². The number of nitrogens with two attached hydrogens (primary N) is 1. The maximum absolute atomic E-state index is 11.9. The van der Waals surface area contributed by atoms with E-state index >= 15 is 0 Å². The summed E-state index contributed by atoms with van der Waals surface area (Å²) in [6.07, 6.45) is 0.445. The fourth-order valence-electron chi connectivity index (χ4n) is 1.89. The maximum atomic E-state index is 11.9. The first-order chi connectivity index (χ1) is 9.65. The standard InChI is InChI=1S/C16H18N2O2/c17-15(10-12-6-8-14(19)9-7-12)16(20)18-11-13-4-2-1-3-5-13/h1-9,15,19H,10-11,17H2,(H,18,20)/t15-/m1/s1. The van der Waals surface area contributed by atoms with Crippen LogP contribution in [0, 0.1) is 0 Å². The largest absolute Gasteiger partial charge is 0.508 e. The number of carbonyl (C=O) groups excluding carboxylic acids is 1. The summed E-state index contributed by atoms with van der Waals surface area (Å²) in [6, 6.07) is 15.8. The molecule has 1 amide bonds. The van der Waals surface area contributed by atoms with Gasteiger partial charge in [-0.1, -0.05) is 42.5 Å². The average Bonchev–Trinajstić information content (AvgIpc) is 2.48. The number of phenols is 1. The van der Waals surface area contributed by atoms with Crippen LogP contribution < -0.4 is 11.1 Å². The molecule has 4 heteroatoms. The van der Waals surface area contributed by atoms with E-state index in [0.29, 0.717) is 13.0 Å². The average molecular weight is 270 g/mol. The lowest BCUT2D eigenvalue weighted by Crippen LogP contribution is -2.41. The molecule has 0 aliphatic carbocycles. The minimum absolute atomic E-state index is 0.179. The van der Waals surface area contributed by atoms with Crippen molar-refractivity contribution in [2.75, 3.05) is 0 Å². The molecule has 1 atom stereocenters. The maximum Gasteiger partial charge on any atom is 0.237 e. The molecule has 0 aromatic heterocycles. The second-order valence-corrected chi connectivity index (χ2v) is 4.68. The molecule has 4 nitrogen and oxygen atoms in total. The zero-order chi connectivity index (χ0) is 14.4. The van der Waals surface area contributed by atoms with Gasteiger partial charge in [0, 0.05) is 6.54 Å². The number of hydrogen-bond acceptors (Lipinski definition) is 3. The van der Waals surface area contributed by atoms with Crippen molar-refractivity contribution in [3.63, 3.8) is 0 Å². The summed E-state index contributed by atoms with van der Waals surface area (Å²) >= 11 is 0. The first-order valence-electron chi connectivity index (χ1n) is 6.50. The van der Waals surface area contributed by atoms with Gasteiger partial charge in [-0.15, -0.1) is 0 Å². The summed E-state index contributed by atoms with van der Waals surface area (Å²) in [6.45, 7) is 0.475. The number of phenolic OH excluding ortho intramolecular Hbond substituents is 1. The monoisotopic (exact) mass is 270 g/mol. The number of benzene rings is 2. The molecular weight excluding hydrogens is 252 g/mol. The normalized spacial score (nSPS) is 11.8. The highest BCUT2D eigenvalue weighted by atomic mass is 16.3. The van der Waals surface area contributed by atoms with Crippen molar-refractivity contribution in [1.82, 2.24) is 5.32 Å². The van der Waals surface area contributed by atoms with Crippen LogP contribution in [0.15, 0.2) is 54.6 Å². The Hall–Kier alpha value is -2.33. The molecule has 0 unspecified atom stereocenters. The molecule has 0 fully saturated rings. The third-order valence-corrected chi connectivity index (χ3v) is 3.04. The topological polar surface area (TPSA) is 75.3 Å². The SMILES string of the molecule is N[C@H](Cc1ccc(O)cc1)C(=O)NCc1ccccc1. The van der Waals surface area contributed by atoms with Crippen molar-refractivity contribution in [3.05, 3.63) is 65.7 Å². The lowest BCUT2D eigenvalue weighted by molar-refractivity contribution is -0.122. The molecule has 0 spiro atoms. The van der Waals surface area contributed by atoms with Crippen LogP contribution in [0.25, 0.3) is 0 Å². The van der Waals surface area contributed by atoms with E-state index in [1.165, 1.54) is 0 Å². The van der Waals surface area contributed by atoms with Crippen LogP contribution in [0.1, 0.15) is 11.1 Å². The Morgan fingerprint density at radius 3 is 2.35 bits per heavy atom. The van der Waals surface area contributed by atoms with Crippen molar-refractivity contribution in [2.24, 2.45) is 5.73 Å². The van der Waals surface area contributed by atoms with Gasteiger partial charge < -0.3 is 16.2 Å². The molecule has 4 N–H and O–H groups in total. The van der Waals surface area contributed by atoms with Gasteiger partial charge in [-0.05, 0) is 29.7 Å².